The lowest BCUT2D eigenvalue weighted by Gasteiger charge is -2.29. The normalized spacial score (nSPS) is 14.9. The van der Waals surface area contributed by atoms with Crippen molar-refractivity contribution < 1.29 is 33.6 Å². The van der Waals surface area contributed by atoms with Gasteiger partial charge in [-0.2, -0.15) is 0 Å². The standard InChI is InChI=1S/C39H60N2O7/c1-36(2,45-9)19-23-47-38(5,6)17-12-21-40-35(44)30-14-11-13-28-32(26-42)31-25-27(15-16-29(31)33(28)30)34(43)41-22-18-39(7,8)48-24-20-37(3,4)46-10/h11,13-16,25,32,42H,12,17-24,26H2,1-10H3,(H,40,44)(H,41,43). The molecule has 1 aliphatic rings. The van der Waals surface area contributed by atoms with Gasteiger partial charge >= 0.3 is 0 Å². The van der Waals surface area contributed by atoms with Crippen molar-refractivity contribution in [1.29, 1.82) is 0 Å². The van der Waals surface area contributed by atoms with Crippen LogP contribution in [0.1, 0.15) is 125 Å². The third kappa shape index (κ3) is 11.1. The van der Waals surface area contributed by atoms with E-state index in [-0.39, 0.29) is 41.1 Å². The molecule has 0 spiro atoms. The van der Waals surface area contributed by atoms with Crippen molar-refractivity contribution in [1.82, 2.24) is 10.6 Å². The first-order chi connectivity index (χ1) is 22.4. The Hall–Kier alpha value is -2.82. The number of fused-ring (bicyclic) bond motifs is 3. The van der Waals surface area contributed by atoms with Crippen LogP contribution in [0.5, 0.6) is 0 Å². The van der Waals surface area contributed by atoms with E-state index in [1.807, 2.05) is 71.9 Å². The molecule has 0 bridgehead atoms. The maximum atomic E-state index is 13.5. The second-order valence-electron chi connectivity index (χ2n) is 15.3. The highest BCUT2D eigenvalue weighted by atomic mass is 16.5. The Kier molecular flexibility index (Phi) is 13.8. The number of carbonyl (C=O) groups excluding carboxylic acids is 2. The van der Waals surface area contributed by atoms with E-state index in [9.17, 15) is 14.7 Å². The molecule has 0 radical (unpaired) electrons. The molecule has 0 aromatic heterocycles. The van der Waals surface area contributed by atoms with Gasteiger partial charge in [0.1, 0.15) is 0 Å². The summed E-state index contributed by atoms with van der Waals surface area (Å²) in [5.41, 5.74) is 3.32. The van der Waals surface area contributed by atoms with Crippen molar-refractivity contribution in [3.8, 4) is 11.1 Å². The molecule has 48 heavy (non-hydrogen) atoms. The molecule has 268 valence electrons. The molecular formula is C39H60N2O7. The minimum absolute atomic E-state index is 0.127. The van der Waals surface area contributed by atoms with Gasteiger partial charge in [-0.05, 0) is 128 Å². The Morgan fingerprint density at radius 2 is 1.29 bits per heavy atom. The van der Waals surface area contributed by atoms with Crippen LogP contribution in [-0.4, -0.2) is 86.5 Å². The SMILES string of the molecule is COC(C)(C)CCOC(C)(C)CCCNC(=O)c1cccc2c1-c1ccc(C(=O)NCCC(C)(C)OCCC(C)(C)OC)cc1C2CO. The molecule has 0 saturated heterocycles. The molecule has 1 atom stereocenters. The summed E-state index contributed by atoms with van der Waals surface area (Å²) in [5.74, 6) is -0.663. The van der Waals surface area contributed by atoms with Gasteiger partial charge in [0.15, 0.2) is 0 Å². The molecule has 0 aliphatic heterocycles. The van der Waals surface area contributed by atoms with Crippen LogP contribution in [-0.2, 0) is 18.9 Å². The average Bonchev–Trinajstić information content (AvgIpc) is 3.35. The summed E-state index contributed by atoms with van der Waals surface area (Å²) in [5, 5.41) is 16.5. The Labute approximate surface area is 288 Å². The van der Waals surface area contributed by atoms with E-state index >= 15 is 0 Å². The third-order valence-corrected chi connectivity index (χ3v) is 9.61. The number of hydrogen-bond donors (Lipinski definition) is 3. The molecule has 9 heteroatoms. The zero-order valence-corrected chi connectivity index (χ0v) is 31.0. The minimum atomic E-state index is -0.402. The summed E-state index contributed by atoms with van der Waals surface area (Å²) in [6.07, 6.45) is 3.79. The largest absolute Gasteiger partial charge is 0.395 e. The van der Waals surface area contributed by atoms with E-state index in [1.54, 1.807) is 20.3 Å². The van der Waals surface area contributed by atoms with Crippen LogP contribution in [0.15, 0.2) is 36.4 Å². The highest BCUT2D eigenvalue weighted by molar-refractivity contribution is 6.04. The van der Waals surface area contributed by atoms with Crippen molar-refractivity contribution in [2.75, 3.05) is 47.1 Å². The average molecular weight is 669 g/mol. The third-order valence-electron chi connectivity index (χ3n) is 9.61. The molecule has 9 nitrogen and oxygen atoms in total. The fourth-order valence-corrected chi connectivity index (χ4v) is 5.82. The van der Waals surface area contributed by atoms with Crippen LogP contribution in [0.2, 0.25) is 0 Å². The first-order valence-electron chi connectivity index (χ1n) is 17.3. The van der Waals surface area contributed by atoms with Crippen molar-refractivity contribution in [3.63, 3.8) is 0 Å². The van der Waals surface area contributed by atoms with E-state index in [0.29, 0.717) is 43.9 Å². The summed E-state index contributed by atoms with van der Waals surface area (Å²) in [4.78, 5) is 26.6. The van der Waals surface area contributed by atoms with Crippen molar-refractivity contribution in [2.24, 2.45) is 0 Å². The molecule has 0 heterocycles. The quantitative estimate of drug-likeness (QED) is 0.136. The molecular weight excluding hydrogens is 608 g/mol. The lowest BCUT2D eigenvalue weighted by molar-refractivity contribution is -0.0618. The smallest absolute Gasteiger partial charge is 0.251 e. The number of rotatable bonds is 20. The van der Waals surface area contributed by atoms with Crippen LogP contribution in [0.4, 0.5) is 0 Å². The van der Waals surface area contributed by atoms with Gasteiger partial charge in [-0.25, -0.2) is 0 Å². The second-order valence-corrected chi connectivity index (χ2v) is 15.3. The van der Waals surface area contributed by atoms with E-state index in [0.717, 1.165) is 47.9 Å². The summed E-state index contributed by atoms with van der Waals surface area (Å²) >= 11 is 0. The summed E-state index contributed by atoms with van der Waals surface area (Å²) in [7, 11) is 3.41. The molecule has 2 aromatic carbocycles. The second kappa shape index (κ2) is 16.7. The molecule has 0 fully saturated rings. The monoisotopic (exact) mass is 668 g/mol. The van der Waals surface area contributed by atoms with Crippen LogP contribution in [0, 0.1) is 0 Å². The first kappa shape index (κ1) is 39.6. The van der Waals surface area contributed by atoms with Crippen LogP contribution >= 0.6 is 0 Å². The number of amides is 2. The minimum Gasteiger partial charge on any atom is -0.395 e. The molecule has 3 N–H and O–H groups in total. The molecule has 1 unspecified atom stereocenters. The van der Waals surface area contributed by atoms with Gasteiger partial charge in [-0.15, -0.1) is 0 Å². The van der Waals surface area contributed by atoms with Crippen LogP contribution in [0.25, 0.3) is 11.1 Å². The zero-order chi connectivity index (χ0) is 35.8. The van der Waals surface area contributed by atoms with E-state index in [4.69, 9.17) is 18.9 Å². The Morgan fingerprint density at radius 3 is 1.88 bits per heavy atom. The van der Waals surface area contributed by atoms with Crippen molar-refractivity contribution >= 4 is 11.8 Å². The number of hydrogen-bond acceptors (Lipinski definition) is 7. The first-order valence-corrected chi connectivity index (χ1v) is 17.3. The van der Waals surface area contributed by atoms with Gasteiger partial charge in [-0.3, -0.25) is 9.59 Å². The topological polar surface area (TPSA) is 115 Å². The maximum Gasteiger partial charge on any atom is 0.251 e. The number of methoxy groups -OCH3 is 2. The molecule has 2 amide bonds. The van der Waals surface area contributed by atoms with Gasteiger partial charge in [-0.1, -0.05) is 18.2 Å². The maximum absolute atomic E-state index is 13.5. The molecule has 2 aromatic rings. The van der Waals surface area contributed by atoms with Crippen LogP contribution < -0.4 is 10.6 Å². The Balaban J connectivity index is 1.60. The number of aliphatic hydroxyl groups is 1. The number of benzene rings is 2. The van der Waals surface area contributed by atoms with Gasteiger partial charge in [0.05, 0.1) is 42.2 Å². The highest BCUT2D eigenvalue weighted by Gasteiger charge is 2.32. The molecule has 1 aliphatic carbocycles. The van der Waals surface area contributed by atoms with Gasteiger partial charge in [0.25, 0.3) is 11.8 Å². The van der Waals surface area contributed by atoms with Gasteiger partial charge < -0.3 is 34.7 Å². The predicted molar refractivity (Wildman–Crippen MR) is 191 cm³/mol. The predicted octanol–water partition coefficient (Wildman–Crippen LogP) is 6.64. The fourth-order valence-electron chi connectivity index (χ4n) is 5.82. The fraction of sp³-hybridized carbons (Fsp3) is 0.641. The van der Waals surface area contributed by atoms with Crippen molar-refractivity contribution in [3.05, 3.63) is 58.7 Å². The van der Waals surface area contributed by atoms with E-state index in [1.165, 1.54) is 0 Å². The summed E-state index contributed by atoms with van der Waals surface area (Å²) in [6.45, 7) is 18.3. The number of aliphatic hydroxyl groups excluding tert-OH is 1. The lowest BCUT2D eigenvalue weighted by Crippen LogP contribution is -2.34. The Morgan fingerprint density at radius 1 is 0.708 bits per heavy atom. The van der Waals surface area contributed by atoms with Crippen LogP contribution in [0.3, 0.4) is 0 Å². The van der Waals surface area contributed by atoms with E-state index < -0.39 is 5.60 Å². The summed E-state index contributed by atoms with van der Waals surface area (Å²) < 4.78 is 23.2. The molecule has 0 saturated carbocycles. The van der Waals surface area contributed by atoms with Gasteiger partial charge in [0.2, 0.25) is 0 Å². The Bertz CT molecular complexity index is 1380. The lowest BCUT2D eigenvalue weighted by atomic mass is 9.96. The number of ether oxygens (including phenoxy) is 4. The zero-order valence-electron chi connectivity index (χ0n) is 31.0. The summed E-state index contributed by atoms with van der Waals surface area (Å²) in [6, 6.07) is 11.2. The number of nitrogens with one attached hydrogen (secondary N) is 2. The highest BCUT2D eigenvalue weighted by Crippen LogP contribution is 2.46. The number of carbonyl (C=O) groups is 2. The van der Waals surface area contributed by atoms with Crippen molar-refractivity contribution in [2.45, 2.75) is 116 Å². The molecule has 3 rings (SSSR count). The van der Waals surface area contributed by atoms with Gasteiger partial charge in [0, 0.05) is 44.4 Å². The van der Waals surface area contributed by atoms with E-state index in [2.05, 4.69) is 24.5 Å².